The molecule has 0 spiro atoms. The van der Waals surface area contributed by atoms with Gasteiger partial charge in [0.2, 0.25) is 5.91 Å². The first-order valence-corrected chi connectivity index (χ1v) is 10.0. The standard InChI is InChI=1S/C19H37N5O/c1-5-20-19(24-11-9-23(10-12-24)18(4)25)21-7-6-8-22-14-16(2)13-17(3)15-22/h16-17H,5-15H2,1-4H3,(H,20,21). The number of nitrogens with one attached hydrogen (secondary N) is 1. The number of hydrogen-bond donors (Lipinski definition) is 1. The smallest absolute Gasteiger partial charge is 0.219 e. The van der Waals surface area contributed by atoms with Crippen LogP contribution >= 0.6 is 0 Å². The van der Waals surface area contributed by atoms with Crippen molar-refractivity contribution in [3.05, 3.63) is 0 Å². The van der Waals surface area contributed by atoms with Crippen LogP contribution in [-0.4, -0.2) is 85.5 Å². The maximum Gasteiger partial charge on any atom is 0.219 e. The summed E-state index contributed by atoms with van der Waals surface area (Å²) in [7, 11) is 0. The van der Waals surface area contributed by atoms with Crippen molar-refractivity contribution in [1.82, 2.24) is 20.0 Å². The molecule has 0 aromatic carbocycles. The minimum atomic E-state index is 0.173. The van der Waals surface area contributed by atoms with Gasteiger partial charge in [-0.3, -0.25) is 9.79 Å². The zero-order valence-electron chi connectivity index (χ0n) is 16.6. The summed E-state index contributed by atoms with van der Waals surface area (Å²) in [5.74, 6) is 2.82. The van der Waals surface area contributed by atoms with Gasteiger partial charge in [0.05, 0.1) is 0 Å². The first-order chi connectivity index (χ1) is 12.0. The summed E-state index contributed by atoms with van der Waals surface area (Å²) < 4.78 is 0. The maximum absolute atomic E-state index is 11.5. The number of nitrogens with zero attached hydrogens (tertiary/aromatic N) is 4. The van der Waals surface area contributed by atoms with Crippen molar-refractivity contribution in [1.29, 1.82) is 0 Å². The fourth-order valence-electron chi connectivity index (χ4n) is 4.11. The molecule has 0 bridgehead atoms. The number of rotatable bonds is 5. The van der Waals surface area contributed by atoms with Crippen molar-refractivity contribution >= 4 is 11.9 Å². The highest BCUT2D eigenvalue weighted by atomic mass is 16.2. The summed E-state index contributed by atoms with van der Waals surface area (Å²) >= 11 is 0. The monoisotopic (exact) mass is 351 g/mol. The summed E-state index contributed by atoms with van der Waals surface area (Å²) in [5.41, 5.74) is 0. The molecule has 2 heterocycles. The molecule has 2 saturated heterocycles. The average molecular weight is 352 g/mol. The third kappa shape index (κ3) is 6.49. The number of carbonyl (C=O) groups excluding carboxylic acids is 1. The predicted molar refractivity (Wildman–Crippen MR) is 104 cm³/mol. The third-order valence-electron chi connectivity index (χ3n) is 5.20. The lowest BCUT2D eigenvalue weighted by atomic mass is 9.92. The number of piperidine rings is 1. The SMILES string of the molecule is CCNC(=NCCCN1CC(C)CC(C)C1)N1CCN(C(C)=O)CC1. The molecule has 0 aliphatic carbocycles. The van der Waals surface area contributed by atoms with Gasteiger partial charge in [0.1, 0.15) is 0 Å². The number of hydrogen-bond acceptors (Lipinski definition) is 3. The van der Waals surface area contributed by atoms with Crippen LogP contribution in [0.3, 0.4) is 0 Å². The van der Waals surface area contributed by atoms with Crippen LogP contribution in [0.4, 0.5) is 0 Å². The third-order valence-corrected chi connectivity index (χ3v) is 5.20. The fraction of sp³-hybridized carbons (Fsp3) is 0.895. The molecule has 1 amide bonds. The quantitative estimate of drug-likeness (QED) is 0.463. The van der Waals surface area contributed by atoms with Crippen LogP contribution in [0, 0.1) is 11.8 Å². The van der Waals surface area contributed by atoms with Crippen LogP contribution in [0.1, 0.15) is 40.5 Å². The Morgan fingerprint density at radius 1 is 1.08 bits per heavy atom. The lowest BCUT2D eigenvalue weighted by molar-refractivity contribution is -0.130. The molecule has 6 nitrogen and oxygen atoms in total. The fourth-order valence-corrected chi connectivity index (χ4v) is 4.11. The summed E-state index contributed by atoms with van der Waals surface area (Å²) in [6.07, 6.45) is 2.48. The number of carbonyl (C=O) groups is 1. The molecule has 2 atom stereocenters. The van der Waals surface area contributed by atoms with Crippen molar-refractivity contribution in [2.24, 2.45) is 16.8 Å². The zero-order chi connectivity index (χ0) is 18.2. The van der Waals surface area contributed by atoms with E-state index >= 15 is 0 Å². The molecule has 6 heteroatoms. The highest BCUT2D eigenvalue weighted by Crippen LogP contribution is 2.20. The van der Waals surface area contributed by atoms with Gasteiger partial charge >= 0.3 is 0 Å². The number of likely N-dealkylation sites (tertiary alicyclic amines) is 1. The molecule has 2 aliphatic heterocycles. The van der Waals surface area contributed by atoms with Crippen molar-refractivity contribution < 1.29 is 4.79 Å². The number of aliphatic imine (C=N–C) groups is 1. The summed E-state index contributed by atoms with van der Waals surface area (Å²) in [4.78, 5) is 23.1. The molecule has 0 aromatic rings. The van der Waals surface area contributed by atoms with E-state index in [4.69, 9.17) is 4.99 Å². The molecular formula is C19H37N5O. The van der Waals surface area contributed by atoms with Gasteiger partial charge < -0.3 is 20.0 Å². The molecule has 2 aliphatic rings. The Bertz CT molecular complexity index is 435. The van der Waals surface area contributed by atoms with E-state index in [1.54, 1.807) is 6.92 Å². The molecule has 25 heavy (non-hydrogen) atoms. The van der Waals surface area contributed by atoms with Crippen LogP contribution in [0.2, 0.25) is 0 Å². The summed E-state index contributed by atoms with van der Waals surface area (Å²) in [6, 6.07) is 0. The molecule has 1 N–H and O–H groups in total. The Hall–Kier alpha value is -1.30. The van der Waals surface area contributed by atoms with Crippen LogP contribution < -0.4 is 5.32 Å². The minimum Gasteiger partial charge on any atom is -0.357 e. The minimum absolute atomic E-state index is 0.173. The maximum atomic E-state index is 11.5. The van der Waals surface area contributed by atoms with E-state index in [9.17, 15) is 4.79 Å². The van der Waals surface area contributed by atoms with Gasteiger partial charge in [0.15, 0.2) is 5.96 Å². The molecule has 0 aromatic heterocycles. The van der Waals surface area contributed by atoms with Gasteiger partial charge in [-0.25, -0.2) is 0 Å². The molecule has 2 fully saturated rings. The second-order valence-electron chi connectivity index (χ2n) is 7.79. The van der Waals surface area contributed by atoms with Crippen molar-refractivity contribution in [3.63, 3.8) is 0 Å². The molecule has 2 rings (SSSR count). The van der Waals surface area contributed by atoms with Gasteiger partial charge in [0.25, 0.3) is 0 Å². The van der Waals surface area contributed by atoms with Crippen LogP contribution in [-0.2, 0) is 4.79 Å². The lowest BCUT2D eigenvalue weighted by Crippen LogP contribution is -2.53. The van der Waals surface area contributed by atoms with E-state index in [1.807, 2.05) is 4.90 Å². The Labute approximate surface area is 153 Å². The van der Waals surface area contributed by atoms with E-state index in [2.05, 4.69) is 35.9 Å². The Balaban J connectivity index is 1.77. The normalized spacial score (nSPS) is 26.0. The van der Waals surface area contributed by atoms with Crippen LogP contribution in [0.25, 0.3) is 0 Å². The van der Waals surface area contributed by atoms with Crippen molar-refractivity contribution in [2.75, 3.05) is 58.9 Å². The van der Waals surface area contributed by atoms with E-state index in [0.717, 1.165) is 70.0 Å². The van der Waals surface area contributed by atoms with E-state index < -0.39 is 0 Å². The average Bonchev–Trinajstić information content (AvgIpc) is 2.57. The number of amides is 1. The van der Waals surface area contributed by atoms with Crippen molar-refractivity contribution in [3.8, 4) is 0 Å². The Morgan fingerprint density at radius 2 is 1.68 bits per heavy atom. The van der Waals surface area contributed by atoms with Gasteiger partial charge in [-0.05, 0) is 38.1 Å². The van der Waals surface area contributed by atoms with Crippen LogP contribution in [0.15, 0.2) is 4.99 Å². The molecule has 2 unspecified atom stereocenters. The van der Waals surface area contributed by atoms with Gasteiger partial charge in [-0.2, -0.15) is 0 Å². The Morgan fingerprint density at radius 3 is 2.24 bits per heavy atom. The first kappa shape index (κ1) is 20.0. The zero-order valence-corrected chi connectivity index (χ0v) is 16.6. The van der Waals surface area contributed by atoms with E-state index in [1.165, 1.54) is 19.5 Å². The lowest BCUT2D eigenvalue weighted by Gasteiger charge is -2.36. The van der Waals surface area contributed by atoms with E-state index in [-0.39, 0.29) is 5.91 Å². The summed E-state index contributed by atoms with van der Waals surface area (Å²) in [6.45, 7) is 17.2. The van der Waals surface area contributed by atoms with Gasteiger partial charge in [0, 0.05) is 59.3 Å². The predicted octanol–water partition coefficient (Wildman–Crippen LogP) is 1.48. The molecule has 144 valence electrons. The highest BCUT2D eigenvalue weighted by Gasteiger charge is 2.22. The topological polar surface area (TPSA) is 51.2 Å². The molecule has 0 radical (unpaired) electrons. The van der Waals surface area contributed by atoms with Gasteiger partial charge in [-0.15, -0.1) is 0 Å². The van der Waals surface area contributed by atoms with Gasteiger partial charge in [-0.1, -0.05) is 13.8 Å². The number of guanidine groups is 1. The first-order valence-electron chi connectivity index (χ1n) is 10.0. The number of piperazine rings is 1. The molecule has 0 saturated carbocycles. The highest BCUT2D eigenvalue weighted by molar-refractivity contribution is 5.80. The summed E-state index contributed by atoms with van der Waals surface area (Å²) in [5, 5.41) is 3.41. The van der Waals surface area contributed by atoms with E-state index in [0.29, 0.717) is 0 Å². The Kier molecular flexibility index (Phi) is 8.00. The van der Waals surface area contributed by atoms with Crippen molar-refractivity contribution in [2.45, 2.75) is 40.5 Å². The molecular weight excluding hydrogens is 314 g/mol. The van der Waals surface area contributed by atoms with Crippen LogP contribution in [0.5, 0.6) is 0 Å². The second-order valence-corrected chi connectivity index (χ2v) is 7.79. The largest absolute Gasteiger partial charge is 0.357 e. The second kappa shape index (κ2) is 10.00.